The summed E-state index contributed by atoms with van der Waals surface area (Å²) in [4.78, 5) is 0. The van der Waals surface area contributed by atoms with Crippen molar-refractivity contribution in [1.82, 2.24) is 14.8 Å². The molecule has 0 unspecified atom stereocenters. The Kier molecular flexibility index (Phi) is 4.81. The average Bonchev–Trinajstić information content (AvgIpc) is 2.82. The molecule has 0 aliphatic carbocycles. The largest absolute Gasteiger partial charge is 0.303 e. The van der Waals surface area contributed by atoms with Gasteiger partial charge in [0.15, 0.2) is 5.16 Å². The van der Waals surface area contributed by atoms with Crippen molar-refractivity contribution in [3.05, 3.63) is 41.5 Å². The quantitative estimate of drug-likeness (QED) is 0.765. The molecule has 3 nitrogen and oxygen atoms in total. The van der Waals surface area contributed by atoms with E-state index in [1.165, 1.54) is 12.1 Å². The second kappa shape index (κ2) is 6.39. The van der Waals surface area contributed by atoms with Crippen molar-refractivity contribution >= 4 is 11.8 Å². The first-order valence-corrected chi connectivity index (χ1v) is 7.79. The summed E-state index contributed by atoms with van der Waals surface area (Å²) in [5.41, 5.74) is 1.08. The van der Waals surface area contributed by atoms with Gasteiger partial charge in [-0.2, -0.15) is 0 Å². The highest BCUT2D eigenvalue weighted by Crippen LogP contribution is 2.27. The van der Waals surface area contributed by atoms with Crippen LogP contribution in [0.2, 0.25) is 0 Å². The molecule has 0 aliphatic rings. The minimum atomic E-state index is -0.203. The second-order valence-electron chi connectivity index (χ2n) is 5.37. The Morgan fingerprint density at radius 2 is 1.75 bits per heavy atom. The number of rotatable bonds is 5. The fourth-order valence-electron chi connectivity index (χ4n) is 1.99. The van der Waals surface area contributed by atoms with Crippen LogP contribution < -0.4 is 0 Å². The summed E-state index contributed by atoms with van der Waals surface area (Å²) in [5, 5.41) is 9.51. The third-order valence-electron chi connectivity index (χ3n) is 3.00. The van der Waals surface area contributed by atoms with Gasteiger partial charge >= 0.3 is 0 Å². The van der Waals surface area contributed by atoms with E-state index in [9.17, 15) is 4.39 Å². The predicted octanol–water partition coefficient (Wildman–Crippen LogP) is 4.41. The van der Waals surface area contributed by atoms with Crippen molar-refractivity contribution in [2.24, 2.45) is 0 Å². The van der Waals surface area contributed by atoms with E-state index in [1.54, 1.807) is 11.8 Å². The van der Waals surface area contributed by atoms with Crippen LogP contribution in [0.15, 0.2) is 29.4 Å². The molecule has 0 amide bonds. The Hall–Kier alpha value is -1.36. The Morgan fingerprint density at radius 1 is 1.10 bits per heavy atom. The SMILES string of the molecule is CC(C)c1nnc(SCc2ccc(F)cc2)n1C(C)C. The van der Waals surface area contributed by atoms with Crippen LogP contribution in [0.25, 0.3) is 0 Å². The number of aromatic nitrogens is 3. The first-order chi connectivity index (χ1) is 9.49. The zero-order valence-electron chi connectivity index (χ0n) is 12.3. The number of hydrogen-bond acceptors (Lipinski definition) is 3. The molecule has 5 heteroatoms. The predicted molar refractivity (Wildman–Crippen MR) is 80.5 cm³/mol. The molecule has 0 N–H and O–H groups in total. The third-order valence-corrected chi connectivity index (χ3v) is 4.02. The highest BCUT2D eigenvalue weighted by molar-refractivity contribution is 7.98. The fraction of sp³-hybridized carbons (Fsp3) is 0.467. The Balaban J connectivity index is 2.15. The molecule has 20 heavy (non-hydrogen) atoms. The molecule has 2 rings (SSSR count). The van der Waals surface area contributed by atoms with Crippen LogP contribution in [0.1, 0.15) is 51.0 Å². The van der Waals surface area contributed by atoms with Gasteiger partial charge in [0.2, 0.25) is 0 Å². The van der Waals surface area contributed by atoms with Crippen LogP contribution in [0.4, 0.5) is 4.39 Å². The second-order valence-corrected chi connectivity index (χ2v) is 6.32. The molecule has 108 valence electrons. The Bertz CT molecular complexity index is 561. The van der Waals surface area contributed by atoms with Gasteiger partial charge in [-0.3, -0.25) is 0 Å². The molecule has 1 aromatic heterocycles. The minimum absolute atomic E-state index is 0.203. The monoisotopic (exact) mass is 293 g/mol. The van der Waals surface area contributed by atoms with E-state index in [0.717, 1.165) is 22.3 Å². The van der Waals surface area contributed by atoms with Gasteiger partial charge in [0.25, 0.3) is 0 Å². The summed E-state index contributed by atoms with van der Waals surface area (Å²) in [7, 11) is 0. The maximum absolute atomic E-state index is 12.9. The summed E-state index contributed by atoms with van der Waals surface area (Å²) in [6, 6.07) is 6.92. The van der Waals surface area contributed by atoms with E-state index in [2.05, 4.69) is 42.5 Å². The summed E-state index contributed by atoms with van der Waals surface area (Å²) in [6.07, 6.45) is 0. The van der Waals surface area contributed by atoms with Crippen LogP contribution in [0.5, 0.6) is 0 Å². The van der Waals surface area contributed by atoms with Crippen LogP contribution in [0.3, 0.4) is 0 Å². The van der Waals surface area contributed by atoms with E-state index in [1.807, 2.05) is 12.1 Å². The number of halogens is 1. The summed E-state index contributed by atoms with van der Waals surface area (Å²) in [6.45, 7) is 8.52. The molecular weight excluding hydrogens is 273 g/mol. The van der Waals surface area contributed by atoms with E-state index in [0.29, 0.717) is 12.0 Å². The summed E-state index contributed by atoms with van der Waals surface area (Å²) < 4.78 is 15.1. The molecule has 0 saturated carbocycles. The van der Waals surface area contributed by atoms with Crippen LogP contribution in [-0.2, 0) is 5.75 Å². The van der Waals surface area contributed by atoms with Crippen molar-refractivity contribution < 1.29 is 4.39 Å². The van der Waals surface area contributed by atoms with Gasteiger partial charge in [-0.15, -0.1) is 10.2 Å². The number of benzene rings is 1. The molecule has 0 atom stereocenters. The van der Waals surface area contributed by atoms with Crippen molar-refractivity contribution in [1.29, 1.82) is 0 Å². The van der Waals surface area contributed by atoms with Gasteiger partial charge in [0, 0.05) is 17.7 Å². The molecule has 0 aliphatic heterocycles. The van der Waals surface area contributed by atoms with Crippen LogP contribution >= 0.6 is 11.8 Å². The Labute approximate surface area is 123 Å². The lowest BCUT2D eigenvalue weighted by Crippen LogP contribution is -2.09. The van der Waals surface area contributed by atoms with E-state index < -0.39 is 0 Å². The van der Waals surface area contributed by atoms with Gasteiger partial charge < -0.3 is 4.57 Å². The van der Waals surface area contributed by atoms with Crippen LogP contribution in [-0.4, -0.2) is 14.8 Å². The fourth-order valence-corrected chi connectivity index (χ4v) is 3.02. The summed E-state index contributed by atoms with van der Waals surface area (Å²) >= 11 is 1.64. The minimum Gasteiger partial charge on any atom is -0.303 e. The molecule has 0 saturated heterocycles. The molecule has 0 bridgehead atoms. The molecule has 0 spiro atoms. The van der Waals surface area contributed by atoms with Gasteiger partial charge in [-0.25, -0.2) is 4.39 Å². The highest BCUT2D eigenvalue weighted by atomic mass is 32.2. The topological polar surface area (TPSA) is 30.7 Å². The molecule has 0 radical (unpaired) electrons. The normalized spacial score (nSPS) is 11.6. The maximum atomic E-state index is 12.9. The highest BCUT2D eigenvalue weighted by Gasteiger charge is 2.17. The van der Waals surface area contributed by atoms with E-state index >= 15 is 0 Å². The zero-order chi connectivity index (χ0) is 14.7. The van der Waals surface area contributed by atoms with Crippen LogP contribution in [0, 0.1) is 5.82 Å². The molecule has 1 heterocycles. The van der Waals surface area contributed by atoms with Crippen molar-refractivity contribution in [2.45, 2.75) is 50.6 Å². The van der Waals surface area contributed by atoms with Gasteiger partial charge in [0.05, 0.1) is 0 Å². The maximum Gasteiger partial charge on any atom is 0.191 e. The van der Waals surface area contributed by atoms with Crippen molar-refractivity contribution in [2.75, 3.05) is 0 Å². The number of nitrogens with zero attached hydrogens (tertiary/aromatic N) is 3. The van der Waals surface area contributed by atoms with Crippen molar-refractivity contribution in [3.8, 4) is 0 Å². The van der Waals surface area contributed by atoms with E-state index in [4.69, 9.17) is 0 Å². The number of thioether (sulfide) groups is 1. The third kappa shape index (κ3) is 3.39. The van der Waals surface area contributed by atoms with Crippen molar-refractivity contribution in [3.63, 3.8) is 0 Å². The lowest BCUT2D eigenvalue weighted by Gasteiger charge is -2.15. The zero-order valence-corrected chi connectivity index (χ0v) is 13.1. The van der Waals surface area contributed by atoms with Gasteiger partial charge in [0.1, 0.15) is 11.6 Å². The standard InChI is InChI=1S/C15H20FN3S/c1-10(2)14-17-18-15(19(14)11(3)4)20-9-12-5-7-13(16)8-6-12/h5-8,10-11H,9H2,1-4H3. The lowest BCUT2D eigenvalue weighted by atomic mass is 10.2. The molecule has 2 aromatic rings. The van der Waals surface area contributed by atoms with E-state index in [-0.39, 0.29) is 5.82 Å². The first kappa shape index (κ1) is 15.0. The Morgan fingerprint density at radius 3 is 2.30 bits per heavy atom. The first-order valence-electron chi connectivity index (χ1n) is 6.81. The molecule has 1 aromatic carbocycles. The van der Waals surface area contributed by atoms with Gasteiger partial charge in [-0.05, 0) is 31.5 Å². The summed E-state index contributed by atoms with van der Waals surface area (Å²) in [5.74, 6) is 1.93. The molecule has 0 fully saturated rings. The average molecular weight is 293 g/mol. The lowest BCUT2D eigenvalue weighted by molar-refractivity contribution is 0.512. The number of hydrogen-bond donors (Lipinski definition) is 0. The smallest absolute Gasteiger partial charge is 0.191 e. The molecular formula is C15H20FN3S. The van der Waals surface area contributed by atoms with Gasteiger partial charge in [-0.1, -0.05) is 37.7 Å².